The van der Waals surface area contributed by atoms with Gasteiger partial charge in [0, 0.05) is 24.3 Å². The van der Waals surface area contributed by atoms with Crippen LogP contribution in [0, 0.1) is 0 Å². The lowest BCUT2D eigenvalue weighted by Gasteiger charge is -2.25. The Labute approximate surface area is 127 Å². The van der Waals surface area contributed by atoms with Crippen molar-refractivity contribution >= 4 is 11.5 Å². The van der Waals surface area contributed by atoms with Gasteiger partial charge in [0.25, 0.3) is 0 Å². The molecule has 0 spiro atoms. The number of hydrogen-bond donors (Lipinski definition) is 1. The fraction of sp³-hybridized carbons (Fsp3) is 0.412. The van der Waals surface area contributed by atoms with Crippen molar-refractivity contribution in [3.8, 4) is 0 Å². The van der Waals surface area contributed by atoms with Crippen LogP contribution in [0.15, 0.2) is 30.3 Å². The van der Waals surface area contributed by atoms with Gasteiger partial charge in [0.05, 0.1) is 5.69 Å². The minimum absolute atomic E-state index is 0.490. The highest BCUT2D eigenvalue weighted by Gasteiger charge is 2.18. The Balaban J connectivity index is 2.56. The lowest BCUT2D eigenvalue weighted by Crippen LogP contribution is -2.22. The molecule has 0 saturated carbocycles. The quantitative estimate of drug-likeness (QED) is 0.885. The molecule has 2 aromatic rings. The number of aryl methyl sites for hydroxylation is 1. The van der Waals surface area contributed by atoms with Gasteiger partial charge in [-0.2, -0.15) is 5.10 Å². The fourth-order valence-corrected chi connectivity index (χ4v) is 2.73. The molecular formula is C17H24N4. The minimum Gasteiger partial charge on any atom is -0.326 e. The molecule has 0 amide bonds. The van der Waals surface area contributed by atoms with Crippen LogP contribution in [-0.4, -0.2) is 16.7 Å². The molecule has 4 heteroatoms. The molecule has 0 radical (unpaired) electrons. The summed E-state index contributed by atoms with van der Waals surface area (Å²) in [6.07, 6.45) is 1.82. The van der Waals surface area contributed by atoms with E-state index in [-0.39, 0.29) is 0 Å². The SMILES string of the molecule is CCc1nnc(N(CC)c2ccccc2)c(CN)c1CC. The summed E-state index contributed by atoms with van der Waals surface area (Å²) in [7, 11) is 0. The van der Waals surface area contributed by atoms with E-state index in [0.29, 0.717) is 6.54 Å². The maximum absolute atomic E-state index is 6.03. The van der Waals surface area contributed by atoms with Crippen LogP contribution < -0.4 is 10.6 Å². The first-order valence-corrected chi connectivity index (χ1v) is 7.66. The van der Waals surface area contributed by atoms with E-state index in [0.717, 1.165) is 42.1 Å². The monoisotopic (exact) mass is 284 g/mol. The first-order chi connectivity index (χ1) is 10.3. The van der Waals surface area contributed by atoms with Gasteiger partial charge in [0.2, 0.25) is 0 Å². The second-order valence-corrected chi connectivity index (χ2v) is 4.92. The Morgan fingerprint density at radius 1 is 0.952 bits per heavy atom. The number of anilines is 2. The number of aromatic nitrogens is 2. The van der Waals surface area contributed by atoms with Gasteiger partial charge in [-0.3, -0.25) is 0 Å². The maximum atomic E-state index is 6.03. The van der Waals surface area contributed by atoms with Crippen LogP contribution in [0.2, 0.25) is 0 Å². The molecule has 1 aromatic carbocycles. The maximum Gasteiger partial charge on any atom is 0.160 e. The van der Waals surface area contributed by atoms with Crippen molar-refractivity contribution in [2.45, 2.75) is 40.2 Å². The lowest BCUT2D eigenvalue weighted by molar-refractivity contribution is 0.819. The highest BCUT2D eigenvalue weighted by atomic mass is 15.3. The van der Waals surface area contributed by atoms with Crippen molar-refractivity contribution in [3.05, 3.63) is 47.2 Å². The summed E-state index contributed by atoms with van der Waals surface area (Å²) in [5, 5.41) is 8.90. The van der Waals surface area contributed by atoms with Gasteiger partial charge in [-0.1, -0.05) is 32.0 Å². The van der Waals surface area contributed by atoms with Crippen molar-refractivity contribution in [1.82, 2.24) is 10.2 Å². The standard InChI is InChI=1S/C17H24N4/c1-4-14-15(12-18)17(20-19-16(14)5-2)21(6-3)13-10-8-7-9-11-13/h7-11H,4-6,12,18H2,1-3H3. The summed E-state index contributed by atoms with van der Waals surface area (Å²) in [6.45, 7) is 7.70. The molecule has 0 fully saturated rings. The Kier molecular flexibility index (Phi) is 5.28. The fourth-order valence-electron chi connectivity index (χ4n) is 2.73. The van der Waals surface area contributed by atoms with Gasteiger partial charge in [-0.15, -0.1) is 5.10 Å². The number of hydrogen-bond acceptors (Lipinski definition) is 4. The summed E-state index contributed by atoms with van der Waals surface area (Å²) in [5.74, 6) is 0.889. The van der Waals surface area contributed by atoms with Crippen LogP contribution in [0.4, 0.5) is 11.5 Å². The molecule has 1 heterocycles. The Morgan fingerprint density at radius 2 is 1.67 bits per heavy atom. The van der Waals surface area contributed by atoms with E-state index in [2.05, 4.69) is 48.0 Å². The van der Waals surface area contributed by atoms with Crippen LogP contribution in [0.3, 0.4) is 0 Å². The van der Waals surface area contributed by atoms with Crippen molar-refractivity contribution < 1.29 is 0 Å². The van der Waals surface area contributed by atoms with Gasteiger partial charge in [-0.05, 0) is 37.5 Å². The highest BCUT2D eigenvalue weighted by Crippen LogP contribution is 2.29. The molecule has 0 aliphatic carbocycles. The minimum atomic E-state index is 0.490. The Bertz CT molecular complexity index is 581. The Morgan fingerprint density at radius 3 is 2.19 bits per heavy atom. The van der Waals surface area contributed by atoms with Gasteiger partial charge in [0.1, 0.15) is 0 Å². The van der Waals surface area contributed by atoms with Crippen molar-refractivity contribution in [3.63, 3.8) is 0 Å². The first kappa shape index (κ1) is 15.4. The number of nitrogens with two attached hydrogens (primary N) is 1. The lowest BCUT2D eigenvalue weighted by atomic mass is 10.0. The number of rotatable bonds is 6. The smallest absolute Gasteiger partial charge is 0.160 e. The topological polar surface area (TPSA) is 55.0 Å². The summed E-state index contributed by atoms with van der Waals surface area (Å²) < 4.78 is 0. The highest BCUT2D eigenvalue weighted by molar-refractivity contribution is 5.64. The zero-order chi connectivity index (χ0) is 15.2. The molecule has 0 bridgehead atoms. The van der Waals surface area contributed by atoms with Crippen molar-refractivity contribution in [2.24, 2.45) is 5.73 Å². The van der Waals surface area contributed by atoms with E-state index < -0.39 is 0 Å². The zero-order valence-corrected chi connectivity index (χ0v) is 13.1. The molecule has 2 rings (SSSR count). The van der Waals surface area contributed by atoms with E-state index in [1.54, 1.807) is 0 Å². The van der Waals surface area contributed by atoms with Gasteiger partial charge >= 0.3 is 0 Å². The van der Waals surface area contributed by atoms with E-state index in [4.69, 9.17) is 5.73 Å². The van der Waals surface area contributed by atoms with Crippen molar-refractivity contribution in [2.75, 3.05) is 11.4 Å². The summed E-state index contributed by atoms with van der Waals surface area (Å²) in [6, 6.07) is 10.3. The van der Waals surface area contributed by atoms with Crippen LogP contribution in [0.1, 0.15) is 37.6 Å². The third kappa shape index (κ3) is 3.05. The zero-order valence-electron chi connectivity index (χ0n) is 13.1. The molecule has 21 heavy (non-hydrogen) atoms. The molecule has 0 aliphatic heterocycles. The average molecular weight is 284 g/mol. The van der Waals surface area contributed by atoms with Crippen LogP contribution in [0.5, 0.6) is 0 Å². The van der Waals surface area contributed by atoms with Gasteiger partial charge in [0.15, 0.2) is 5.82 Å². The van der Waals surface area contributed by atoms with E-state index in [1.165, 1.54) is 5.56 Å². The molecule has 1 aromatic heterocycles. The third-order valence-corrected chi connectivity index (χ3v) is 3.78. The van der Waals surface area contributed by atoms with Crippen LogP contribution >= 0.6 is 0 Å². The molecule has 4 nitrogen and oxygen atoms in total. The van der Waals surface area contributed by atoms with Crippen molar-refractivity contribution in [1.29, 1.82) is 0 Å². The van der Waals surface area contributed by atoms with Gasteiger partial charge in [-0.25, -0.2) is 0 Å². The molecule has 112 valence electrons. The number of para-hydroxylation sites is 1. The summed E-state index contributed by atoms with van der Waals surface area (Å²) >= 11 is 0. The first-order valence-electron chi connectivity index (χ1n) is 7.66. The summed E-state index contributed by atoms with van der Waals surface area (Å²) in [4.78, 5) is 2.17. The second kappa shape index (κ2) is 7.18. The molecule has 0 aliphatic rings. The predicted octanol–water partition coefficient (Wildman–Crippen LogP) is 3.22. The predicted molar refractivity (Wildman–Crippen MR) is 87.8 cm³/mol. The number of benzene rings is 1. The normalized spacial score (nSPS) is 10.7. The number of nitrogens with zero attached hydrogens (tertiary/aromatic N) is 3. The molecule has 0 unspecified atom stereocenters. The molecular weight excluding hydrogens is 260 g/mol. The van der Waals surface area contributed by atoms with Crippen LogP contribution in [0.25, 0.3) is 0 Å². The van der Waals surface area contributed by atoms with E-state index in [1.807, 2.05) is 18.2 Å². The molecule has 0 saturated heterocycles. The van der Waals surface area contributed by atoms with E-state index in [9.17, 15) is 0 Å². The molecule has 0 atom stereocenters. The summed E-state index contributed by atoms with van der Waals surface area (Å²) in [5.41, 5.74) is 10.6. The van der Waals surface area contributed by atoms with E-state index >= 15 is 0 Å². The third-order valence-electron chi connectivity index (χ3n) is 3.78. The Hall–Kier alpha value is -1.94. The molecule has 2 N–H and O–H groups in total. The van der Waals surface area contributed by atoms with Gasteiger partial charge < -0.3 is 10.6 Å². The second-order valence-electron chi connectivity index (χ2n) is 4.92. The average Bonchev–Trinajstić information content (AvgIpc) is 2.55. The van der Waals surface area contributed by atoms with Crippen LogP contribution in [-0.2, 0) is 19.4 Å². The largest absolute Gasteiger partial charge is 0.326 e.